The monoisotopic (exact) mass is 459 g/mol. The summed E-state index contributed by atoms with van der Waals surface area (Å²) < 4.78 is 79.3. The van der Waals surface area contributed by atoms with E-state index in [-0.39, 0.29) is 11.8 Å². The van der Waals surface area contributed by atoms with E-state index in [1.54, 1.807) is 28.7 Å². The summed E-state index contributed by atoms with van der Waals surface area (Å²) in [5.74, 6) is -0.667. The normalized spacial score (nSPS) is 12.6. The molecule has 2 aromatic carbocycles. The summed E-state index contributed by atoms with van der Waals surface area (Å²) in [7, 11) is 0. The van der Waals surface area contributed by atoms with Gasteiger partial charge in [-0.2, -0.15) is 26.3 Å². The van der Waals surface area contributed by atoms with Gasteiger partial charge < -0.3 is 5.32 Å². The molecule has 2 N–H and O–H groups in total. The summed E-state index contributed by atoms with van der Waals surface area (Å²) in [6.07, 6.45) is -10.0. The van der Waals surface area contributed by atoms with Gasteiger partial charge in [-0.05, 0) is 30.3 Å². The molecule has 4 rings (SSSR count). The Kier molecular flexibility index (Phi) is 5.07. The molecular weight excluding hydrogens is 448 g/mol. The number of nitrogens with zero attached hydrogens (tertiary/aromatic N) is 3. The summed E-state index contributed by atoms with van der Waals surface area (Å²) in [5, 5.41) is 9.18. The zero-order chi connectivity index (χ0) is 22.4. The van der Waals surface area contributed by atoms with Crippen molar-refractivity contribution in [2.75, 3.05) is 11.1 Å². The first kappa shape index (κ1) is 21.0. The molecule has 0 atom stereocenters. The average molecular weight is 459 g/mol. The molecule has 0 aliphatic carbocycles. The van der Waals surface area contributed by atoms with E-state index in [0.29, 0.717) is 28.6 Å². The van der Waals surface area contributed by atoms with Gasteiger partial charge in [0, 0.05) is 5.69 Å². The Bertz CT molecular complexity index is 1240. The van der Waals surface area contributed by atoms with Crippen LogP contribution in [0.2, 0.25) is 0 Å². The van der Waals surface area contributed by atoms with Gasteiger partial charge in [0.25, 0.3) is 0 Å². The van der Waals surface area contributed by atoms with Crippen molar-refractivity contribution in [3.63, 3.8) is 0 Å². The molecule has 0 radical (unpaired) electrons. The maximum absolute atomic E-state index is 12.9. The number of halogens is 6. The van der Waals surface area contributed by atoms with E-state index in [0.717, 1.165) is 17.3 Å². The van der Waals surface area contributed by atoms with E-state index in [4.69, 9.17) is 0 Å². The molecule has 0 saturated heterocycles. The van der Waals surface area contributed by atoms with Crippen molar-refractivity contribution >= 4 is 40.2 Å². The van der Waals surface area contributed by atoms with E-state index in [1.165, 1.54) is 0 Å². The minimum Gasteiger partial charge on any atom is -0.325 e. The number of nitrogens with one attached hydrogen (secondary N) is 2. The lowest BCUT2D eigenvalue weighted by atomic mass is 10.1. The number of anilines is 1. The van der Waals surface area contributed by atoms with Crippen molar-refractivity contribution in [3.8, 4) is 0 Å². The molecule has 0 aliphatic rings. The number of hydrogen-bond donors (Lipinski definition) is 2. The highest BCUT2D eigenvalue weighted by atomic mass is 32.2. The number of amides is 1. The molecule has 0 unspecified atom stereocenters. The van der Waals surface area contributed by atoms with Gasteiger partial charge in [-0.25, -0.2) is 10.1 Å². The first-order valence-electron chi connectivity index (χ1n) is 8.56. The van der Waals surface area contributed by atoms with Crippen LogP contribution in [0.4, 0.5) is 32.0 Å². The predicted molar refractivity (Wildman–Crippen MR) is 101 cm³/mol. The van der Waals surface area contributed by atoms with E-state index in [1.807, 2.05) is 0 Å². The number of thioether (sulfide) groups is 1. The van der Waals surface area contributed by atoms with Crippen molar-refractivity contribution in [1.29, 1.82) is 0 Å². The topological polar surface area (TPSA) is 75.1 Å². The van der Waals surface area contributed by atoms with Crippen molar-refractivity contribution in [2.24, 2.45) is 0 Å². The fraction of sp³-hybridized carbons (Fsp3) is 0.167. The van der Waals surface area contributed by atoms with Crippen molar-refractivity contribution in [3.05, 3.63) is 53.6 Å². The molecule has 2 heterocycles. The molecule has 0 aliphatic heterocycles. The maximum atomic E-state index is 12.9. The van der Waals surface area contributed by atoms with Crippen LogP contribution in [0.1, 0.15) is 11.1 Å². The Hall–Kier alpha value is -3.22. The minimum absolute atomic E-state index is 0.00494. The van der Waals surface area contributed by atoms with Crippen molar-refractivity contribution in [2.45, 2.75) is 17.5 Å². The quantitative estimate of drug-likeness (QED) is 0.334. The Morgan fingerprint density at radius 1 is 1.03 bits per heavy atom. The van der Waals surface area contributed by atoms with Gasteiger partial charge in [-0.3, -0.25) is 9.20 Å². The standard InChI is InChI=1S/C18H11F6N5OS/c19-17(20,21)9-5-10(18(22,23)24)7-11(6-9)25-14(30)8-31-16-28-27-15-26-12-3-1-2-4-13(12)29(15)16/h1-7H,8H2,(H,25,30)(H,26,27). The molecule has 0 spiro atoms. The Labute approximate surface area is 173 Å². The molecule has 31 heavy (non-hydrogen) atoms. The van der Waals surface area contributed by atoms with E-state index in [9.17, 15) is 31.1 Å². The number of aromatic amines is 1. The molecule has 0 bridgehead atoms. The van der Waals surface area contributed by atoms with Gasteiger partial charge in [-0.15, -0.1) is 5.10 Å². The van der Waals surface area contributed by atoms with Gasteiger partial charge in [0.15, 0.2) is 5.16 Å². The van der Waals surface area contributed by atoms with Gasteiger partial charge in [0.1, 0.15) is 0 Å². The number of aromatic nitrogens is 4. The number of carbonyl (C=O) groups excluding carboxylic acids is 1. The molecule has 6 nitrogen and oxygen atoms in total. The van der Waals surface area contributed by atoms with Crippen LogP contribution in [-0.4, -0.2) is 31.2 Å². The van der Waals surface area contributed by atoms with E-state index in [2.05, 4.69) is 20.5 Å². The third-order valence-corrected chi connectivity index (χ3v) is 5.15. The van der Waals surface area contributed by atoms with Crippen molar-refractivity contribution < 1.29 is 31.1 Å². The third kappa shape index (κ3) is 4.31. The first-order valence-corrected chi connectivity index (χ1v) is 9.54. The number of H-pyrrole nitrogens is 1. The lowest BCUT2D eigenvalue weighted by molar-refractivity contribution is -0.143. The van der Waals surface area contributed by atoms with Crippen molar-refractivity contribution in [1.82, 2.24) is 19.6 Å². The van der Waals surface area contributed by atoms with Gasteiger partial charge in [-0.1, -0.05) is 23.9 Å². The smallest absolute Gasteiger partial charge is 0.325 e. The fourth-order valence-electron chi connectivity index (χ4n) is 2.89. The zero-order valence-electron chi connectivity index (χ0n) is 15.2. The minimum atomic E-state index is -5.00. The fourth-order valence-corrected chi connectivity index (χ4v) is 3.65. The molecule has 4 aromatic rings. The van der Waals surface area contributed by atoms with Crippen LogP contribution in [0.3, 0.4) is 0 Å². The highest BCUT2D eigenvalue weighted by molar-refractivity contribution is 7.99. The number of fused-ring (bicyclic) bond motifs is 3. The SMILES string of the molecule is O=C(CSc1n[nH]c2nc3ccccc3n12)Nc1cc(C(F)(F)F)cc(C(F)(F)F)c1. The average Bonchev–Trinajstić information content (AvgIpc) is 3.24. The summed E-state index contributed by atoms with van der Waals surface area (Å²) in [6.45, 7) is 0. The van der Waals surface area contributed by atoms with Crippen LogP contribution in [0.25, 0.3) is 16.8 Å². The lowest BCUT2D eigenvalue weighted by Gasteiger charge is -2.14. The molecule has 0 saturated carbocycles. The van der Waals surface area contributed by atoms with Crippen LogP contribution in [0.15, 0.2) is 47.6 Å². The van der Waals surface area contributed by atoms with E-state index >= 15 is 0 Å². The molecule has 2 aromatic heterocycles. The molecule has 162 valence electrons. The Morgan fingerprint density at radius 3 is 2.32 bits per heavy atom. The molecular formula is C18H11F6N5OS. The van der Waals surface area contributed by atoms with Gasteiger partial charge in [0.2, 0.25) is 11.7 Å². The number of imidazole rings is 1. The van der Waals surface area contributed by atoms with Gasteiger partial charge in [0.05, 0.1) is 27.9 Å². The molecule has 1 amide bonds. The highest BCUT2D eigenvalue weighted by Gasteiger charge is 2.37. The summed E-state index contributed by atoms with van der Waals surface area (Å²) in [4.78, 5) is 16.5. The number of hydrogen-bond acceptors (Lipinski definition) is 4. The lowest BCUT2D eigenvalue weighted by Crippen LogP contribution is -2.17. The van der Waals surface area contributed by atoms with Crippen LogP contribution in [0.5, 0.6) is 0 Å². The number of carbonyl (C=O) groups is 1. The number of alkyl halides is 6. The number of rotatable bonds is 4. The second kappa shape index (κ2) is 7.48. The summed E-state index contributed by atoms with van der Waals surface area (Å²) in [6, 6.07) is 8.06. The summed E-state index contributed by atoms with van der Waals surface area (Å²) >= 11 is 0.947. The van der Waals surface area contributed by atoms with Crippen LogP contribution < -0.4 is 5.32 Å². The number of benzene rings is 2. The Balaban J connectivity index is 1.54. The first-order chi connectivity index (χ1) is 14.5. The van der Waals surface area contributed by atoms with Crippen LogP contribution in [0, 0.1) is 0 Å². The highest BCUT2D eigenvalue weighted by Crippen LogP contribution is 2.37. The van der Waals surface area contributed by atoms with Crippen LogP contribution >= 0.6 is 11.8 Å². The van der Waals surface area contributed by atoms with Crippen LogP contribution in [-0.2, 0) is 17.1 Å². The summed E-state index contributed by atoms with van der Waals surface area (Å²) in [5.41, 5.74) is -2.21. The third-order valence-electron chi connectivity index (χ3n) is 4.21. The maximum Gasteiger partial charge on any atom is 0.416 e. The zero-order valence-corrected chi connectivity index (χ0v) is 16.0. The second-order valence-electron chi connectivity index (χ2n) is 6.40. The largest absolute Gasteiger partial charge is 0.416 e. The molecule has 0 fully saturated rings. The molecule has 13 heteroatoms. The second-order valence-corrected chi connectivity index (χ2v) is 7.34. The van der Waals surface area contributed by atoms with E-state index < -0.39 is 35.1 Å². The Morgan fingerprint density at radius 2 is 1.68 bits per heavy atom. The predicted octanol–water partition coefficient (Wildman–Crippen LogP) is 4.98. The van der Waals surface area contributed by atoms with Gasteiger partial charge >= 0.3 is 12.4 Å². The number of para-hydroxylation sites is 2.